The van der Waals surface area contributed by atoms with Crippen LogP contribution in [0.15, 0.2) is 18.5 Å². The average molecular weight is 219 g/mol. The zero-order chi connectivity index (χ0) is 12.1. The molecule has 4 heteroatoms. The highest BCUT2D eigenvalue weighted by Gasteiger charge is 2.31. The lowest BCUT2D eigenvalue weighted by Crippen LogP contribution is -2.06. The molecule has 0 atom stereocenters. The van der Waals surface area contributed by atoms with Gasteiger partial charge in [0.2, 0.25) is 0 Å². The normalized spacial score (nSPS) is 10.9. The highest BCUT2D eigenvalue weighted by molar-refractivity contribution is 5.22. The van der Waals surface area contributed by atoms with E-state index in [-0.39, 0.29) is 5.92 Å². The van der Waals surface area contributed by atoms with Crippen molar-refractivity contribution in [1.82, 2.24) is 4.98 Å². The third-order valence-corrected chi connectivity index (χ3v) is 1.75. The monoisotopic (exact) mass is 219 g/mol. The van der Waals surface area contributed by atoms with Crippen LogP contribution in [0.3, 0.4) is 0 Å². The van der Waals surface area contributed by atoms with Crippen LogP contribution < -0.4 is 0 Å². The Morgan fingerprint density at radius 2 is 1.67 bits per heavy atom. The van der Waals surface area contributed by atoms with E-state index in [0.717, 1.165) is 12.3 Å². The predicted molar refractivity (Wildman–Crippen MR) is 54.7 cm³/mol. The van der Waals surface area contributed by atoms with Crippen LogP contribution in [0, 0.1) is 0 Å². The van der Waals surface area contributed by atoms with Gasteiger partial charge in [0, 0.05) is 12.4 Å². The highest BCUT2D eigenvalue weighted by atomic mass is 19.4. The summed E-state index contributed by atoms with van der Waals surface area (Å²) in [6, 6.07) is 1.14. The second kappa shape index (κ2) is 5.73. The number of hydrogen-bond donors (Lipinski definition) is 0. The Kier molecular flexibility index (Phi) is 5.33. The van der Waals surface area contributed by atoms with Crippen LogP contribution in [0.1, 0.15) is 44.7 Å². The fourth-order valence-corrected chi connectivity index (χ4v) is 0.928. The second-order valence-electron chi connectivity index (χ2n) is 3.16. The number of nitrogens with zero attached hydrogens (tertiary/aromatic N) is 1. The minimum absolute atomic E-state index is 0.0646. The lowest BCUT2D eigenvalue weighted by atomic mass is 10.0. The maximum absolute atomic E-state index is 12.2. The van der Waals surface area contributed by atoms with Gasteiger partial charge in [-0.3, -0.25) is 4.98 Å². The number of rotatable bonds is 1. The lowest BCUT2D eigenvalue weighted by molar-refractivity contribution is -0.137. The van der Waals surface area contributed by atoms with Gasteiger partial charge in [-0.1, -0.05) is 27.7 Å². The number of hydrogen-bond acceptors (Lipinski definition) is 1. The molecule has 86 valence electrons. The molecule has 0 N–H and O–H groups in total. The molecular weight excluding hydrogens is 203 g/mol. The van der Waals surface area contributed by atoms with Crippen molar-refractivity contribution in [2.75, 3.05) is 0 Å². The van der Waals surface area contributed by atoms with Crippen molar-refractivity contribution in [1.29, 1.82) is 0 Å². The van der Waals surface area contributed by atoms with Gasteiger partial charge >= 0.3 is 6.18 Å². The van der Waals surface area contributed by atoms with E-state index in [2.05, 4.69) is 4.98 Å². The number of alkyl halides is 3. The molecule has 0 aliphatic rings. The average Bonchev–Trinajstić information content (AvgIpc) is 2.20. The Morgan fingerprint density at radius 1 is 1.13 bits per heavy atom. The third kappa shape index (κ3) is 4.32. The Labute approximate surface area is 88.3 Å². The van der Waals surface area contributed by atoms with E-state index in [1.165, 1.54) is 6.20 Å². The molecule has 0 unspecified atom stereocenters. The van der Waals surface area contributed by atoms with Crippen molar-refractivity contribution in [2.45, 2.75) is 39.8 Å². The maximum atomic E-state index is 12.2. The molecule has 1 rings (SSSR count). The summed E-state index contributed by atoms with van der Waals surface area (Å²) >= 11 is 0. The summed E-state index contributed by atoms with van der Waals surface area (Å²) in [4.78, 5) is 3.55. The van der Waals surface area contributed by atoms with Crippen LogP contribution in [-0.4, -0.2) is 4.98 Å². The Bertz CT molecular complexity index is 292. The molecule has 0 aliphatic heterocycles. The molecule has 0 radical (unpaired) electrons. The lowest BCUT2D eigenvalue weighted by Gasteiger charge is -2.09. The topological polar surface area (TPSA) is 12.9 Å². The van der Waals surface area contributed by atoms with Crippen LogP contribution in [0.5, 0.6) is 0 Å². The van der Waals surface area contributed by atoms with Crippen LogP contribution in [0.2, 0.25) is 0 Å². The molecule has 0 saturated carbocycles. The van der Waals surface area contributed by atoms with Crippen molar-refractivity contribution >= 4 is 0 Å². The zero-order valence-electron chi connectivity index (χ0n) is 9.39. The predicted octanol–water partition coefficient (Wildman–Crippen LogP) is 4.25. The summed E-state index contributed by atoms with van der Waals surface area (Å²) in [5, 5.41) is 0. The van der Waals surface area contributed by atoms with Crippen molar-refractivity contribution in [2.24, 2.45) is 0 Å². The van der Waals surface area contributed by atoms with Gasteiger partial charge < -0.3 is 0 Å². The van der Waals surface area contributed by atoms with Gasteiger partial charge in [0.1, 0.15) is 0 Å². The number of halogens is 3. The molecule has 1 aromatic heterocycles. The smallest absolute Gasteiger partial charge is 0.264 e. The maximum Gasteiger partial charge on any atom is 0.417 e. The van der Waals surface area contributed by atoms with Gasteiger partial charge in [-0.15, -0.1) is 0 Å². The molecule has 1 nitrogen and oxygen atoms in total. The molecule has 0 bridgehead atoms. The first-order chi connectivity index (χ1) is 6.91. The van der Waals surface area contributed by atoms with Gasteiger partial charge in [0.15, 0.2) is 0 Å². The third-order valence-electron chi connectivity index (χ3n) is 1.75. The summed E-state index contributed by atoms with van der Waals surface area (Å²) < 4.78 is 36.6. The Hall–Kier alpha value is -1.06. The molecule has 1 heterocycles. The van der Waals surface area contributed by atoms with Gasteiger partial charge in [0.05, 0.1) is 5.56 Å². The SMILES string of the molecule is CC.CC(C)c1cncc(C(F)(F)F)c1. The van der Waals surface area contributed by atoms with Crippen LogP contribution in [0.25, 0.3) is 0 Å². The molecule has 15 heavy (non-hydrogen) atoms. The van der Waals surface area contributed by atoms with Crippen molar-refractivity contribution in [3.8, 4) is 0 Å². The first kappa shape index (κ1) is 13.9. The Morgan fingerprint density at radius 3 is 2.07 bits per heavy atom. The molecule has 1 aromatic rings. The van der Waals surface area contributed by atoms with Crippen LogP contribution >= 0.6 is 0 Å². The quantitative estimate of drug-likeness (QED) is 0.688. The molecule has 0 saturated heterocycles. The van der Waals surface area contributed by atoms with Gasteiger partial charge in [-0.2, -0.15) is 13.2 Å². The molecule has 0 spiro atoms. The van der Waals surface area contributed by atoms with Gasteiger partial charge in [-0.05, 0) is 17.5 Å². The fraction of sp³-hybridized carbons (Fsp3) is 0.545. The van der Waals surface area contributed by atoms with E-state index in [0.29, 0.717) is 5.56 Å². The van der Waals surface area contributed by atoms with E-state index in [1.807, 2.05) is 27.7 Å². The first-order valence-corrected chi connectivity index (χ1v) is 4.93. The van der Waals surface area contributed by atoms with Crippen LogP contribution in [-0.2, 0) is 6.18 Å². The summed E-state index contributed by atoms with van der Waals surface area (Å²) in [5.74, 6) is 0.0646. The zero-order valence-corrected chi connectivity index (χ0v) is 9.39. The summed E-state index contributed by atoms with van der Waals surface area (Å²) in [7, 11) is 0. The van der Waals surface area contributed by atoms with E-state index in [1.54, 1.807) is 0 Å². The van der Waals surface area contributed by atoms with Crippen molar-refractivity contribution in [3.63, 3.8) is 0 Å². The second-order valence-corrected chi connectivity index (χ2v) is 3.16. The number of pyridine rings is 1. The van der Waals surface area contributed by atoms with E-state index >= 15 is 0 Å². The molecule has 0 aromatic carbocycles. The molecule has 0 aliphatic carbocycles. The van der Waals surface area contributed by atoms with E-state index < -0.39 is 11.7 Å². The molecule has 0 amide bonds. The summed E-state index contributed by atoms with van der Waals surface area (Å²) in [6.07, 6.45) is -2.00. The number of aromatic nitrogens is 1. The Balaban J connectivity index is 0.000000921. The minimum Gasteiger partial charge on any atom is -0.264 e. The summed E-state index contributed by atoms with van der Waals surface area (Å²) in [5.41, 5.74) is -0.0754. The van der Waals surface area contributed by atoms with Gasteiger partial charge in [0.25, 0.3) is 0 Å². The fourth-order valence-electron chi connectivity index (χ4n) is 0.928. The standard InChI is InChI=1S/C9H10F3N.C2H6/c1-6(2)7-3-8(5-13-4-7)9(10,11)12;1-2/h3-6H,1-2H3;1-2H3. The minimum atomic E-state index is -4.29. The largest absolute Gasteiger partial charge is 0.417 e. The molecule has 0 fully saturated rings. The van der Waals surface area contributed by atoms with Crippen LogP contribution in [0.4, 0.5) is 13.2 Å². The van der Waals surface area contributed by atoms with Gasteiger partial charge in [-0.25, -0.2) is 0 Å². The van der Waals surface area contributed by atoms with E-state index in [4.69, 9.17) is 0 Å². The van der Waals surface area contributed by atoms with E-state index in [9.17, 15) is 13.2 Å². The molecular formula is C11H16F3N. The highest BCUT2D eigenvalue weighted by Crippen LogP contribution is 2.30. The van der Waals surface area contributed by atoms with Crippen molar-refractivity contribution < 1.29 is 13.2 Å². The first-order valence-electron chi connectivity index (χ1n) is 4.93. The summed E-state index contributed by atoms with van der Waals surface area (Å²) in [6.45, 7) is 7.66. The van der Waals surface area contributed by atoms with Crippen molar-refractivity contribution in [3.05, 3.63) is 29.6 Å².